The third kappa shape index (κ3) is 3.28. The number of furan rings is 1. The number of carboxylic acid groups (broad SMARTS) is 1. The van der Waals surface area contributed by atoms with E-state index in [2.05, 4.69) is 0 Å². The molecule has 0 spiro atoms. The molecule has 3 rings (SSSR count). The highest BCUT2D eigenvalue weighted by Gasteiger charge is 2.30. The summed E-state index contributed by atoms with van der Waals surface area (Å²) in [6.45, 7) is 3.26. The highest BCUT2D eigenvalue weighted by atomic mass is 16.4. The van der Waals surface area contributed by atoms with Gasteiger partial charge in [-0.2, -0.15) is 0 Å². The third-order valence-electron chi connectivity index (χ3n) is 4.81. The van der Waals surface area contributed by atoms with E-state index in [-0.39, 0.29) is 24.4 Å². The van der Waals surface area contributed by atoms with E-state index < -0.39 is 5.97 Å². The minimum Gasteiger partial charge on any atom is -0.481 e. The second kappa shape index (κ2) is 6.65. The lowest BCUT2D eigenvalue weighted by atomic mass is 10.1. The number of likely N-dealkylation sites (tertiary alicyclic amines) is 1. The lowest BCUT2D eigenvalue weighted by molar-refractivity contribution is -0.141. The first-order chi connectivity index (χ1) is 11.5. The Bertz CT molecular complexity index is 721. The summed E-state index contributed by atoms with van der Waals surface area (Å²) in [6, 6.07) is 9.54. The molecule has 0 radical (unpaired) electrons. The number of likely N-dealkylation sites (N-methyl/N-ethyl adjacent to an activating group) is 1. The first-order valence-electron chi connectivity index (χ1n) is 8.15. The molecule has 0 saturated carbocycles. The summed E-state index contributed by atoms with van der Waals surface area (Å²) < 4.78 is 5.83. The number of aliphatic carboxylic acids is 1. The van der Waals surface area contributed by atoms with Crippen molar-refractivity contribution in [2.45, 2.75) is 19.4 Å². The predicted octanol–water partition coefficient (Wildman–Crippen LogP) is 2.36. The molecule has 128 valence electrons. The molecular formula is C18H22N2O4. The van der Waals surface area contributed by atoms with Gasteiger partial charge in [0.2, 0.25) is 5.91 Å². The monoisotopic (exact) mass is 330 g/mol. The van der Waals surface area contributed by atoms with Crippen LogP contribution in [0.15, 0.2) is 34.7 Å². The summed E-state index contributed by atoms with van der Waals surface area (Å²) in [4.78, 5) is 27.1. The number of nitrogens with zero attached hydrogens (tertiary/aromatic N) is 2. The van der Waals surface area contributed by atoms with Crippen LogP contribution in [-0.4, -0.2) is 53.5 Å². The number of benzene rings is 1. The van der Waals surface area contributed by atoms with Crippen LogP contribution in [0.1, 0.15) is 25.1 Å². The van der Waals surface area contributed by atoms with Gasteiger partial charge in [-0.15, -0.1) is 0 Å². The molecule has 6 nitrogen and oxygen atoms in total. The van der Waals surface area contributed by atoms with Crippen LogP contribution < -0.4 is 0 Å². The van der Waals surface area contributed by atoms with E-state index in [0.717, 1.165) is 16.7 Å². The molecule has 1 aliphatic rings. The van der Waals surface area contributed by atoms with E-state index in [1.807, 2.05) is 42.2 Å². The molecular weight excluding hydrogens is 308 g/mol. The Labute approximate surface area is 140 Å². The second-order valence-electron chi connectivity index (χ2n) is 6.43. The smallest absolute Gasteiger partial charge is 0.307 e. The van der Waals surface area contributed by atoms with Crippen molar-refractivity contribution in [2.75, 3.05) is 26.7 Å². The molecule has 24 heavy (non-hydrogen) atoms. The number of hydrogen-bond donors (Lipinski definition) is 1. The molecule has 2 heterocycles. The fraction of sp³-hybridized carbons (Fsp3) is 0.444. The Morgan fingerprint density at radius 3 is 2.83 bits per heavy atom. The van der Waals surface area contributed by atoms with Crippen molar-refractivity contribution in [1.29, 1.82) is 0 Å². The van der Waals surface area contributed by atoms with Gasteiger partial charge in [0.1, 0.15) is 11.3 Å². The van der Waals surface area contributed by atoms with Crippen molar-refractivity contribution in [1.82, 2.24) is 9.80 Å². The summed E-state index contributed by atoms with van der Waals surface area (Å²) >= 11 is 0. The zero-order valence-corrected chi connectivity index (χ0v) is 13.9. The fourth-order valence-electron chi connectivity index (χ4n) is 3.10. The van der Waals surface area contributed by atoms with E-state index in [1.165, 1.54) is 0 Å². The molecule has 2 aromatic rings. The second-order valence-corrected chi connectivity index (χ2v) is 6.43. The number of carbonyl (C=O) groups excluding carboxylic acids is 1. The molecule has 1 amide bonds. The maximum atomic E-state index is 12.5. The minimum absolute atomic E-state index is 0.0333. The Morgan fingerprint density at radius 2 is 2.17 bits per heavy atom. The zero-order valence-electron chi connectivity index (χ0n) is 13.9. The molecule has 1 N–H and O–H groups in total. The van der Waals surface area contributed by atoms with Crippen molar-refractivity contribution in [3.8, 4) is 0 Å². The SMILES string of the molecule is CC(c1cc2ccccc2o1)N(C)C(=O)CN1CCC(C(=O)O)C1. The van der Waals surface area contributed by atoms with Crippen molar-refractivity contribution < 1.29 is 19.1 Å². The average molecular weight is 330 g/mol. The van der Waals surface area contributed by atoms with Crippen LogP contribution in [0.25, 0.3) is 11.0 Å². The standard InChI is InChI=1S/C18H22N2O4/c1-12(16-9-13-5-3-4-6-15(13)24-16)19(2)17(21)11-20-8-7-14(10-20)18(22)23/h3-6,9,12,14H,7-8,10-11H2,1-2H3,(H,22,23). The Balaban J connectivity index is 1.63. The molecule has 2 unspecified atom stereocenters. The molecule has 1 aromatic heterocycles. The van der Waals surface area contributed by atoms with Crippen LogP contribution in [0, 0.1) is 5.92 Å². The van der Waals surface area contributed by atoms with E-state index in [0.29, 0.717) is 19.5 Å². The summed E-state index contributed by atoms with van der Waals surface area (Å²) in [5, 5.41) is 10.1. The lowest BCUT2D eigenvalue weighted by Gasteiger charge is -2.25. The highest BCUT2D eigenvalue weighted by molar-refractivity contribution is 5.80. The van der Waals surface area contributed by atoms with Gasteiger partial charge in [0.05, 0.1) is 18.5 Å². The number of amides is 1. The van der Waals surface area contributed by atoms with Crippen molar-refractivity contribution in [2.24, 2.45) is 5.92 Å². The molecule has 0 aliphatic carbocycles. The zero-order chi connectivity index (χ0) is 17.3. The van der Waals surface area contributed by atoms with E-state index in [4.69, 9.17) is 9.52 Å². The molecule has 0 bridgehead atoms. The molecule has 1 fully saturated rings. The van der Waals surface area contributed by atoms with Gasteiger partial charge in [-0.1, -0.05) is 18.2 Å². The quantitative estimate of drug-likeness (QED) is 0.911. The average Bonchev–Trinajstić information content (AvgIpc) is 3.19. The van der Waals surface area contributed by atoms with Crippen LogP contribution in [0.2, 0.25) is 0 Å². The molecule has 1 saturated heterocycles. The number of para-hydroxylation sites is 1. The number of hydrogen-bond acceptors (Lipinski definition) is 4. The summed E-state index contributed by atoms with van der Waals surface area (Å²) in [6.07, 6.45) is 0.603. The van der Waals surface area contributed by atoms with Crippen molar-refractivity contribution in [3.63, 3.8) is 0 Å². The summed E-state index contributed by atoms with van der Waals surface area (Å²) in [5.41, 5.74) is 0.809. The van der Waals surface area contributed by atoms with Crippen molar-refractivity contribution in [3.05, 3.63) is 36.1 Å². The van der Waals surface area contributed by atoms with Gasteiger partial charge in [0, 0.05) is 19.0 Å². The molecule has 1 aromatic carbocycles. The Kier molecular flexibility index (Phi) is 4.57. The Hall–Kier alpha value is -2.34. The first kappa shape index (κ1) is 16.5. The molecule has 2 atom stereocenters. The van der Waals surface area contributed by atoms with E-state index in [9.17, 15) is 9.59 Å². The topological polar surface area (TPSA) is 74.0 Å². The fourth-order valence-corrected chi connectivity index (χ4v) is 3.10. The number of carboxylic acids is 1. The minimum atomic E-state index is -0.783. The van der Waals surface area contributed by atoms with Crippen LogP contribution in [0.5, 0.6) is 0 Å². The highest BCUT2D eigenvalue weighted by Crippen LogP contribution is 2.27. The van der Waals surface area contributed by atoms with Gasteiger partial charge in [0.25, 0.3) is 0 Å². The van der Waals surface area contributed by atoms with Crippen LogP contribution in [-0.2, 0) is 9.59 Å². The predicted molar refractivity (Wildman–Crippen MR) is 89.6 cm³/mol. The summed E-state index contributed by atoms with van der Waals surface area (Å²) in [7, 11) is 1.75. The van der Waals surface area contributed by atoms with Crippen molar-refractivity contribution >= 4 is 22.8 Å². The van der Waals surface area contributed by atoms with Gasteiger partial charge in [0.15, 0.2) is 0 Å². The van der Waals surface area contributed by atoms with Crippen LogP contribution >= 0.6 is 0 Å². The van der Waals surface area contributed by atoms with E-state index in [1.54, 1.807) is 11.9 Å². The molecule has 6 heteroatoms. The van der Waals surface area contributed by atoms with Gasteiger partial charge >= 0.3 is 5.97 Å². The maximum absolute atomic E-state index is 12.5. The number of fused-ring (bicyclic) bond motifs is 1. The molecule has 1 aliphatic heterocycles. The van der Waals surface area contributed by atoms with Crippen LogP contribution in [0.4, 0.5) is 0 Å². The van der Waals surface area contributed by atoms with E-state index >= 15 is 0 Å². The van der Waals surface area contributed by atoms with Gasteiger partial charge in [-0.05, 0) is 32.0 Å². The third-order valence-corrected chi connectivity index (χ3v) is 4.81. The number of rotatable bonds is 5. The maximum Gasteiger partial charge on any atom is 0.307 e. The normalized spacial score (nSPS) is 19.5. The number of carbonyl (C=O) groups is 2. The lowest BCUT2D eigenvalue weighted by Crippen LogP contribution is -2.38. The summed E-state index contributed by atoms with van der Waals surface area (Å²) in [5.74, 6) is -0.435. The van der Waals surface area contributed by atoms with Crippen LogP contribution in [0.3, 0.4) is 0 Å². The van der Waals surface area contributed by atoms with Gasteiger partial charge in [-0.3, -0.25) is 14.5 Å². The first-order valence-corrected chi connectivity index (χ1v) is 8.15. The largest absolute Gasteiger partial charge is 0.481 e. The van der Waals surface area contributed by atoms with Gasteiger partial charge in [-0.25, -0.2) is 0 Å². The van der Waals surface area contributed by atoms with Gasteiger partial charge < -0.3 is 14.4 Å². The Morgan fingerprint density at radius 1 is 1.42 bits per heavy atom.